The fourth-order valence-corrected chi connectivity index (χ4v) is 3.09. The van der Waals surface area contributed by atoms with E-state index >= 15 is 0 Å². The molecule has 2 N–H and O–H groups in total. The van der Waals surface area contributed by atoms with Crippen molar-refractivity contribution in [1.29, 1.82) is 0 Å². The first-order valence-corrected chi connectivity index (χ1v) is 10.4. The molecule has 132 valence electrons. The first-order valence-electron chi connectivity index (χ1n) is 8.71. The molecule has 1 aliphatic rings. The van der Waals surface area contributed by atoms with Crippen molar-refractivity contribution >= 4 is 8.58 Å². The molecule has 1 unspecified atom stereocenters. The zero-order valence-corrected chi connectivity index (χ0v) is 15.7. The Morgan fingerprint density at radius 2 is 1.77 bits per heavy atom. The summed E-state index contributed by atoms with van der Waals surface area (Å²) in [7, 11) is 0.968. The normalized spacial score (nSPS) is 18.0. The van der Waals surface area contributed by atoms with Crippen LogP contribution in [0.4, 0.5) is 0 Å². The lowest BCUT2D eigenvalue weighted by atomic mass is 10.0. The third kappa shape index (κ3) is 10.9. The predicted octanol–water partition coefficient (Wildman–Crippen LogP) is 1.34. The third-order valence-electron chi connectivity index (χ3n) is 3.81. The molecule has 0 amide bonds. The van der Waals surface area contributed by atoms with Crippen molar-refractivity contribution in [2.24, 2.45) is 0 Å². The van der Waals surface area contributed by atoms with Crippen LogP contribution in [-0.4, -0.2) is 82.5 Å². The van der Waals surface area contributed by atoms with Crippen LogP contribution >= 0.6 is 8.58 Å². The Kier molecular flexibility index (Phi) is 12.6. The standard InChI is InChI=1S/C16H36N3O2P/c1-15(2)18-16-4-7-19(8-5-16)9-11-21-13-12-20-10-6-17-14-22-3/h15-18,22H,4-14H2,1-3H3. The van der Waals surface area contributed by atoms with E-state index in [-0.39, 0.29) is 0 Å². The molecular formula is C16H36N3O2P. The van der Waals surface area contributed by atoms with E-state index in [1.165, 1.54) is 25.9 Å². The molecule has 1 atom stereocenters. The molecule has 1 rings (SSSR count). The van der Waals surface area contributed by atoms with Gasteiger partial charge in [-0.25, -0.2) is 0 Å². The second kappa shape index (κ2) is 13.6. The number of nitrogens with one attached hydrogen (secondary N) is 2. The first kappa shape index (κ1) is 20.3. The van der Waals surface area contributed by atoms with E-state index in [2.05, 4.69) is 36.0 Å². The smallest absolute Gasteiger partial charge is 0.0701 e. The van der Waals surface area contributed by atoms with E-state index in [9.17, 15) is 0 Å². The van der Waals surface area contributed by atoms with Crippen LogP contribution in [0.15, 0.2) is 0 Å². The van der Waals surface area contributed by atoms with Crippen LogP contribution in [0.2, 0.25) is 0 Å². The highest BCUT2D eigenvalue weighted by Crippen LogP contribution is 2.10. The van der Waals surface area contributed by atoms with Crippen molar-refractivity contribution in [3.8, 4) is 0 Å². The van der Waals surface area contributed by atoms with Crippen molar-refractivity contribution in [2.75, 3.05) is 65.6 Å². The Bertz CT molecular complexity index is 250. The number of hydrogen-bond acceptors (Lipinski definition) is 5. The van der Waals surface area contributed by atoms with Crippen LogP contribution in [-0.2, 0) is 9.47 Å². The van der Waals surface area contributed by atoms with Gasteiger partial charge in [0.15, 0.2) is 0 Å². The largest absolute Gasteiger partial charge is 0.378 e. The summed E-state index contributed by atoms with van der Waals surface area (Å²) in [6, 6.07) is 1.30. The average Bonchev–Trinajstić information content (AvgIpc) is 2.50. The summed E-state index contributed by atoms with van der Waals surface area (Å²) in [6.07, 6.45) is 3.61. The van der Waals surface area contributed by atoms with E-state index in [0.717, 1.165) is 41.2 Å². The monoisotopic (exact) mass is 333 g/mol. The van der Waals surface area contributed by atoms with Crippen LogP contribution < -0.4 is 10.6 Å². The fraction of sp³-hybridized carbons (Fsp3) is 1.00. The molecule has 0 bridgehead atoms. The lowest BCUT2D eigenvalue weighted by Crippen LogP contribution is -2.45. The summed E-state index contributed by atoms with van der Waals surface area (Å²) in [5.74, 6) is 0. The lowest BCUT2D eigenvalue weighted by Gasteiger charge is -2.33. The van der Waals surface area contributed by atoms with Crippen molar-refractivity contribution in [2.45, 2.75) is 38.8 Å². The zero-order valence-electron chi connectivity index (χ0n) is 14.7. The molecule has 1 fully saturated rings. The molecular weight excluding hydrogens is 297 g/mol. The first-order chi connectivity index (χ1) is 10.7. The summed E-state index contributed by atoms with van der Waals surface area (Å²) >= 11 is 0. The Hall–Kier alpha value is 0.230. The zero-order chi connectivity index (χ0) is 16.0. The maximum atomic E-state index is 5.65. The SMILES string of the molecule is CPCNCCOCCOCCN1CCC(NC(C)C)CC1. The van der Waals surface area contributed by atoms with Crippen molar-refractivity contribution < 1.29 is 9.47 Å². The molecule has 0 saturated carbocycles. The summed E-state index contributed by atoms with van der Waals surface area (Å²) < 4.78 is 11.2. The minimum Gasteiger partial charge on any atom is -0.378 e. The van der Waals surface area contributed by atoms with Crippen LogP contribution in [0.3, 0.4) is 0 Å². The summed E-state index contributed by atoms with van der Waals surface area (Å²) in [5, 5.41) is 6.96. The lowest BCUT2D eigenvalue weighted by molar-refractivity contribution is 0.0365. The van der Waals surface area contributed by atoms with Gasteiger partial charge in [-0.15, -0.1) is 8.58 Å². The van der Waals surface area contributed by atoms with Gasteiger partial charge in [-0.05, 0) is 32.6 Å². The Labute approximate surface area is 138 Å². The summed E-state index contributed by atoms with van der Waals surface area (Å²) in [4.78, 5) is 2.51. The Morgan fingerprint density at radius 1 is 1.09 bits per heavy atom. The molecule has 0 aromatic rings. The van der Waals surface area contributed by atoms with Crippen molar-refractivity contribution in [3.05, 3.63) is 0 Å². The topological polar surface area (TPSA) is 45.8 Å². The van der Waals surface area contributed by atoms with E-state index in [1.807, 2.05) is 0 Å². The van der Waals surface area contributed by atoms with Gasteiger partial charge in [-0.2, -0.15) is 0 Å². The van der Waals surface area contributed by atoms with E-state index in [0.29, 0.717) is 25.3 Å². The van der Waals surface area contributed by atoms with Crippen LogP contribution in [0.25, 0.3) is 0 Å². The highest BCUT2D eigenvalue weighted by atomic mass is 31.1. The molecule has 6 heteroatoms. The van der Waals surface area contributed by atoms with E-state index in [4.69, 9.17) is 9.47 Å². The molecule has 1 saturated heterocycles. The Balaban J connectivity index is 1.84. The van der Waals surface area contributed by atoms with Crippen molar-refractivity contribution in [3.63, 3.8) is 0 Å². The second-order valence-electron chi connectivity index (χ2n) is 6.19. The number of likely N-dealkylation sites (tertiary alicyclic amines) is 1. The number of hydrogen-bond donors (Lipinski definition) is 2. The van der Waals surface area contributed by atoms with Gasteiger partial charge in [-0.3, -0.25) is 0 Å². The Morgan fingerprint density at radius 3 is 2.41 bits per heavy atom. The van der Waals surface area contributed by atoms with Gasteiger partial charge in [0.05, 0.1) is 26.4 Å². The maximum absolute atomic E-state index is 5.65. The molecule has 0 aromatic heterocycles. The van der Waals surface area contributed by atoms with Gasteiger partial charge in [-0.1, -0.05) is 13.8 Å². The number of rotatable bonds is 13. The van der Waals surface area contributed by atoms with Gasteiger partial charge in [0.2, 0.25) is 0 Å². The average molecular weight is 333 g/mol. The molecule has 5 nitrogen and oxygen atoms in total. The molecule has 0 aromatic carbocycles. The minimum absolute atomic E-state index is 0.595. The molecule has 0 radical (unpaired) electrons. The number of ether oxygens (including phenoxy) is 2. The number of piperidine rings is 1. The predicted molar refractivity (Wildman–Crippen MR) is 96.5 cm³/mol. The van der Waals surface area contributed by atoms with Gasteiger partial charge in [0.1, 0.15) is 0 Å². The summed E-state index contributed by atoms with van der Waals surface area (Å²) in [6.45, 7) is 14.0. The highest BCUT2D eigenvalue weighted by Gasteiger charge is 2.18. The molecule has 1 aliphatic heterocycles. The molecule has 22 heavy (non-hydrogen) atoms. The summed E-state index contributed by atoms with van der Waals surface area (Å²) in [5.41, 5.74) is 0. The van der Waals surface area contributed by atoms with Gasteiger partial charge in [0.25, 0.3) is 0 Å². The van der Waals surface area contributed by atoms with Crippen LogP contribution in [0.1, 0.15) is 26.7 Å². The molecule has 1 heterocycles. The highest BCUT2D eigenvalue weighted by molar-refractivity contribution is 7.36. The number of nitrogens with zero attached hydrogens (tertiary/aromatic N) is 1. The molecule has 0 spiro atoms. The van der Waals surface area contributed by atoms with E-state index in [1.54, 1.807) is 0 Å². The van der Waals surface area contributed by atoms with Crippen LogP contribution in [0, 0.1) is 0 Å². The maximum Gasteiger partial charge on any atom is 0.0701 e. The second-order valence-corrected chi connectivity index (χ2v) is 7.25. The van der Waals surface area contributed by atoms with Crippen LogP contribution in [0.5, 0.6) is 0 Å². The van der Waals surface area contributed by atoms with Gasteiger partial charge < -0.3 is 25.0 Å². The quantitative estimate of drug-likeness (QED) is 0.393. The fourth-order valence-electron chi connectivity index (χ4n) is 2.67. The van der Waals surface area contributed by atoms with Gasteiger partial charge >= 0.3 is 0 Å². The minimum atomic E-state index is 0.595. The van der Waals surface area contributed by atoms with Gasteiger partial charge in [0, 0.05) is 31.5 Å². The van der Waals surface area contributed by atoms with Crippen molar-refractivity contribution in [1.82, 2.24) is 15.5 Å². The third-order valence-corrected chi connectivity index (χ3v) is 4.41. The molecule has 0 aliphatic carbocycles. The van der Waals surface area contributed by atoms with E-state index < -0.39 is 0 Å².